The van der Waals surface area contributed by atoms with Gasteiger partial charge in [-0.05, 0) is 11.4 Å². The topological polar surface area (TPSA) is 67.4 Å². The third-order valence-corrected chi connectivity index (χ3v) is 2.87. The van der Waals surface area contributed by atoms with E-state index in [0.29, 0.717) is 19.6 Å². The Morgan fingerprint density at radius 3 is 2.82 bits per heavy atom. The molecule has 1 aromatic heterocycles. The molecule has 1 heterocycles. The second kappa shape index (κ2) is 7.81. The fraction of sp³-hybridized carbons (Fsp3) is 0.455. The van der Waals surface area contributed by atoms with Crippen LogP contribution in [0.25, 0.3) is 0 Å². The Bertz CT molecular complexity index is 352. The fourth-order valence-electron chi connectivity index (χ4n) is 1.17. The minimum Gasteiger partial charge on any atom is -0.383 e. The summed E-state index contributed by atoms with van der Waals surface area (Å²) in [4.78, 5) is 23.7. The van der Waals surface area contributed by atoms with Crippen LogP contribution in [0.3, 0.4) is 0 Å². The number of nitrogens with one attached hydrogen (secondary N) is 2. The van der Waals surface area contributed by atoms with Crippen molar-refractivity contribution in [2.45, 2.75) is 6.42 Å². The lowest BCUT2D eigenvalue weighted by atomic mass is 10.3. The molecule has 0 unspecified atom stereocenters. The summed E-state index contributed by atoms with van der Waals surface area (Å²) in [5.74, 6) is -0.351. The van der Waals surface area contributed by atoms with E-state index in [4.69, 9.17) is 4.74 Å². The molecule has 6 heteroatoms. The van der Waals surface area contributed by atoms with Crippen LogP contribution in [0, 0.1) is 0 Å². The zero-order chi connectivity index (χ0) is 12.5. The van der Waals surface area contributed by atoms with Crippen LogP contribution in [0.1, 0.15) is 4.88 Å². The predicted molar refractivity (Wildman–Crippen MR) is 65.9 cm³/mol. The smallest absolute Gasteiger partial charge is 0.239 e. The molecule has 0 bridgehead atoms. The molecule has 0 spiro atoms. The number of hydrogen-bond acceptors (Lipinski definition) is 4. The molecule has 0 aliphatic heterocycles. The van der Waals surface area contributed by atoms with Crippen molar-refractivity contribution in [3.63, 3.8) is 0 Å². The maximum Gasteiger partial charge on any atom is 0.239 e. The molecule has 0 aliphatic rings. The van der Waals surface area contributed by atoms with Crippen molar-refractivity contribution in [1.29, 1.82) is 0 Å². The van der Waals surface area contributed by atoms with Gasteiger partial charge in [-0.15, -0.1) is 11.3 Å². The third kappa shape index (κ3) is 6.03. The van der Waals surface area contributed by atoms with E-state index >= 15 is 0 Å². The standard InChI is InChI=1S/C11H16N2O3S/c1-16-5-4-12-11(15)8-13-10(14)7-9-3-2-6-17-9/h2-3,6H,4-5,7-8H2,1H3,(H,12,15)(H,13,14). The molecule has 17 heavy (non-hydrogen) atoms. The first-order valence-electron chi connectivity index (χ1n) is 5.27. The van der Waals surface area contributed by atoms with Crippen molar-refractivity contribution in [2.75, 3.05) is 26.8 Å². The summed E-state index contributed by atoms with van der Waals surface area (Å²) in [7, 11) is 1.56. The number of rotatable bonds is 7. The Morgan fingerprint density at radius 1 is 1.35 bits per heavy atom. The van der Waals surface area contributed by atoms with Gasteiger partial charge in [-0.25, -0.2) is 0 Å². The Kier molecular flexibility index (Phi) is 6.27. The minimum atomic E-state index is -0.207. The summed E-state index contributed by atoms with van der Waals surface area (Å²) in [5, 5.41) is 7.10. The zero-order valence-corrected chi connectivity index (χ0v) is 10.5. The summed E-state index contributed by atoms with van der Waals surface area (Å²) in [6.07, 6.45) is 0.322. The lowest BCUT2D eigenvalue weighted by Gasteiger charge is -2.05. The van der Waals surface area contributed by atoms with E-state index in [2.05, 4.69) is 10.6 Å². The number of hydrogen-bond donors (Lipinski definition) is 2. The third-order valence-electron chi connectivity index (χ3n) is 1.99. The molecule has 0 aliphatic carbocycles. The highest BCUT2D eigenvalue weighted by Crippen LogP contribution is 2.08. The molecule has 0 saturated carbocycles. The van der Waals surface area contributed by atoms with Gasteiger partial charge in [-0.2, -0.15) is 0 Å². The van der Waals surface area contributed by atoms with Gasteiger partial charge in [-0.3, -0.25) is 9.59 Å². The van der Waals surface area contributed by atoms with Crippen LogP contribution >= 0.6 is 11.3 Å². The second-order valence-electron chi connectivity index (χ2n) is 3.38. The second-order valence-corrected chi connectivity index (χ2v) is 4.41. The number of amides is 2. The van der Waals surface area contributed by atoms with E-state index in [0.717, 1.165) is 4.88 Å². The van der Waals surface area contributed by atoms with Crippen LogP contribution in [0.2, 0.25) is 0 Å². The van der Waals surface area contributed by atoms with Gasteiger partial charge >= 0.3 is 0 Å². The first-order chi connectivity index (χ1) is 8.22. The quantitative estimate of drug-likeness (QED) is 0.683. The summed E-state index contributed by atoms with van der Waals surface area (Å²) in [5.41, 5.74) is 0. The van der Waals surface area contributed by atoms with Gasteiger partial charge in [0.1, 0.15) is 0 Å². The van der Waals surface area contributed by atoms with Crippen LogP contribution < -0.4 is 10.6 Å². The highest BCUT2D eigenvalue weighted by atomic mass is 32.1. The molecule has 0 aromatic carbocycles. The van der Waals surface area contributed by atoms with Gasteiger partial charge in [0.15, 0.2) is 0 Å². The van der Waals surface area contributed by atoms with Crippen molar-refractivity contribution >= 4 is 23.2 Å². The van der Waals surface area contributed by atoms with Crippen LogP contribution in [0.5, 0.6) is 0 Å². The largest absolute Gasteiger partial charge is 0.383 e. The van der Waals surface area contributed by atoms with E-state index in [-0.39, 0.29) is 18.4 Å². The summed E-state index contributed by atoms with van der Waals surface area (Å²) < 4.78 is 4.79. The average molecular weight is 256 g/mol. The molecule has 0 radical (unpaired) electrons. The maximum atomic E-state index is 11.4. The van der Waals surface area contributed by atoms with Crippen molar-refractivity contribution in [3.8, 4) is 0 Å². The summed E-state index contributed by atoms with van der Waals surface area (Å²) in [6, 6.07) is 3.79. The normalized spacial score (nSPS) is 9.94. The summed E-state index contributed by atoms with van der Waals surface area (Å²) in [6.45, 7) is 0.929. The van der Waals surface area contributed by atoms with Crippen LogP contribution in [-0.4, -0.2) is 38.6 Å². The van der Waals surface area contributed by atoms with Gasteiger partial charge in [0, 0.05) is 18.5 Å². The lowest BCUT2D eigenvalue weighted by molar-refractivity contribution is -0.125. The van der Waals surface area contributed by atoms with E-state index in [1.54, 1.807) is 7.11 Å². The highest BCUT2D eigenvalue weighted by Gasteiger charge is 2.06. The van der Waals surface area contributed by atoms with E-state index < -0.39 is 0 Å². The molecule has 2 N–H and O–H groups in total. The van der Waals surface area contributed by atoms with E-state index in [1.807, 2.05) is 17.5 Å². The predicted octanol–water partition coefficient (Wildman–Crippen LogP) is 0.169. The molecule has 94 valence electrons. The van der Waals surface area contributed by atoms with Gasteiger partial charge in [-0.1, -0.05) is 6.07 Å². The zero-order valence-electron chi connectivity index (χ0n) is 9.69. The Hall–Kier alpha value is -1.40. The summed E-state index contributed by atoms with van der Waals surface area (Å²) >= 11 is 1.52. The number of carbonyl (C=O) groups is 2. The molecule has 0 atom stereocenters. The minimum absolute atomic E-state index is 0.00786. The van der Waals surface area contributed by atoms with Gasteiger partial charge in [0.2, 0.25) is 11.8 Å². The molecule has 1 aromatic rings. The Balaban J connectivity index is 2.13. The Morgan fingerprint density at radius 2 is 2.18 bits per heavy atom. The molecule has 2 amide bonds. The number of carbonyl (C=O) groups excluding carboxylic acids is 2. The van der Waals surface area contributed by atoms with Crippen LogP contribution in [-0.2, 0) is 20.7 Å². The molecular weight excluding hydrogens is 240 g/mol. The first kappa shape index (κ1) is 13.7. The number of thiophene rings is 1. The monoisotopic (exact) mass is 256 g/mol. The van der Waals surface area contributed by atoms with Gasteiger partial charge in [0.05, 0.1) is 19.6 Å². The highest BCUT2D eigenvalue weighted by molar-refractivity contribution is 7.10. The van der Waals surface area contributed by atoms with Crippen molar-refractivity contribution < 1.29 is 14.3 Å². The average Bonchev–Trinajstić information content (AvgIpc) is 2.79. The molecule has 1 rings (SSSR count). The maximum absolute atomic E-state index is 11.4. The van der Waals surface area contributed by atoms with E-state index in [9.17, 15) is 9.59 Å². The molecule has 0 fully saturated rings. The Labute approximate surface area is 104 Å². The first-order valence-corrected chi connectivity index (χ1v) is 6.15. The van der Waals surface area contributed by atoms with Crippen molar-refractivity contribution in [1.82, 2.24) is 10.6 Å². The van der Waals surface area contributed by atoms with E-state index in [1.165, 1.54) is 11.3 Å². The molecule has 5 nitrogen and oxygen atoms in total. The fourth-order valence-corrected chi connectivity index (χ4v) is 1.87. The molecular formula is C11H16N2O3S. The van der Waals surface area contributed by atoms with Crippen molar-refractivity contribution in [3.05, 3.63) is 22.4 Å². The van der Waals surface area contributed by atoms with Gasteiger partial charge < -0.3 is 15.4 Å². The number of ether oxygens (including phenoxy) is 1. The van der Waals surface area contributed by atoms with Crippen LogP contribution in [0.15, 0.2) is 17.5 Å². The lowest BCUT2D eigenvalue weighted by Crippen LogP contribution is -2.38. The SMILES string of the molecule is COCCNC(=O)CNC(=O)Cc1cccs1. The van der Waals surface area contributed by atoms with Crippen LogP contribution in [0.4, 0.5) is 0 Å². The van der Waals surface area contributed by atoms with Crippen molar-refractivity contribution in [2.24, 2.45) is 0 Å². The molecule has 0 saturated heterocycles. The number of methoxy groups -OCH3 is 1. The van der Waals surface area contributed by atoms with Gasteiger partial charge in [0.25, 0.3) is 0 Å².